The second-order valence-electron chi connectivity index (χ2n) is 3.14. The Labute approximate surface area is 66.8 Å². The molecule has 1 aliphatic carbocycles. The van der Waals surface area contributed by atoms with Gasteiger partial charge in [0.25, 0.3) is 0 Å². The van der Waals surface area contributed by atoms with Gasteiger partial charge in [0.05, 0.1) is 0 Å². The summed E-state index contributed by atoms with van der Waals surface area (Å²) in [4.78, 5) is 10.1. The lowest BCUT2D eigenvalue weighted by molar-refractivity contribution is -0.137. The van der Waals surface area contributed by atoms with Gasteiger partial charge >= 0.3 is 5.97 Å². The van der Waals surface area contributed by atoms with E-state index in [0.29, 0.717) is 0 Å². The molecule has 0 bridgehead atoms. The normalized spacial score (nSPS) is 16.7. The third kappa shape index (κ3) is 4.79. The Morgan fingerprint density at radius 2 is 2.27 bits per heavy atom. The van der Waals surface area contributed by atoms with Gasteiger partial charge in [-0.25, -0.2) is 0 Å². The molecule has 0 atom stereocenters. The maximum atomic E-state index is 10.1. The van der Waals surface area contributed by atoms with E-state index in [1.807, 2.05) is 0 Å². The number of rotatable bonds is 6. The van der Waals surface area contributed by atoms with E-state index in [9.17, 15) is 4.79 Å². The summed E-state index contributed by atoms with van der Waals surface area (Å²) in [6, 6.07) is 0. The molecular formula is C8H15NO2. The van der Waals surface area contributed by atoms with Crippen LogP contribution in [0.25, 0.3) is 0 Å². The molecule has 0 aromatic heterocycles. The first-order valence-corrected chi connectivity index (χ1v) is 4.21. The zero-order valence-electron chi connectivity index (χ0n) is 6.68. The fourth-order valence-corrected chi connectivity index (χ4v) is 0.993. The molecule has 0 saturated heterocycles. The second-order valence-corrected chi connectivity index (χ2v) is 3.14. The smallest absolute Gasteiger partial charge is 0.303 e. The van der Waals surface area contributed by atoms with Crippen LogP contribution in [0.3, 0.4) is 0 Å². The van der Waals surface area contributed by atoms with Crippen molar-refractivity contribution in [3.05, 3.63) is 0 Å². The minimum Gasteiger partial charge on any atom is -0.481 e. The minimum atomic E-state index is -0.696. The molecule has 0 heterocycles. The van der Waals surface area contributed by atoms with Gasteiger partial charge in [-0.15, -0.1) is 0 Å². The predicted molar refractivity (Wildman–Crippen MR) is 42.5 cm³/mol. The molecule has 1 aliphatic rings. The Balaban J connectivity index is 1.76. The van der Waals surface area contributed by atoms with Crippen molar-refractivity contribution in [1.82, 2.24) is 5.32 Å². The van der Waals surface area contributed by atoms with Gasteiger partial charge in [-0.3, -0.25) is 4.79 Å². The lowest BCUT2D eigenvalue weighted by Gasteiger charge is -2.00. The lowest BCUT2D eigenvalue weighted by atomic mass is 10.3. The molecule has 1 fully saturated rings. The molecule has 0 aromatic rings. The van der Waals surface area contributed by atoms with Crippen LogP contribution in [-0.4, -0.2) is 24.2 Å². The van der Waals surface area contributed by atoms with Gasteiger partial charge in [0.15, 0.2) is 0 Å². The number of carboxylic acid groups (broad SMARTS) is 1. The molecule has 3 heteroatoms. The van der Waals surface area contributed by atoms with Gasteiger partial charge in [-0.1, -0.05) is 0 Å². The summed E-state index contributed by atoms with van der Waals surface area (Å²) in [7, 11) is 0. The van der Waals surface area contributed by atoms with Crippen molar-refractivity contribution in [2.45, 2.75) is 25.7 Å². The van der Waals surface area contributed by atoms with Crippen LogP contribution in [0, 0.1) is 5.92 Å². The highest BCUT2D eigenvalue weighted by Gasteiger charge is 2.19. The number of hydrogen-bond donors (Lipinski definition) is 2. The van der Waals surface area contributed by atoms with Crippen molar-refractivity contribution >= 4 is 5.97 Å². The van der Waals surface area contributed by atoms with Gasteiger partial charge in [0, 0.05) is 6.42 Å². The number of hydrogen-bond acceptors (Lipinski definition) is 2. The van der Waals surface area contributed by atoms with Crippen LogP contribution in [0.5, 0.6) is 0 Å². The lowest BCUT2D eigenvalue weighted by Crippen LogP contribution is -2.18. The summed E-state index contributed by atoms with van der Waals surface area (Å²) >= 11 is 0. The molecule has 2 N–H and O–H groups in total. The number of aliphatic carboxylic acids is 1. The summed E-state index contributed by atoms with van der Waals surface area (Å²) in [5, 5.41) is 11.5. The quantitative estimate of drug-likeness (QED) is 0.562. The maximum absolute atomic E-state index is 10.1. The van der Waals surface area contributed by atoms with Gasteiger partial charge in [0.1, 0.15) is 0 Å². The largest absolute Gasteiger partial charge is 0.481 e. The van der Waals surface area contributed by atoms with Crippen LogP contribution >= 0.6 is 0 Å². The summed E-state index contributed by atoms with van der Waals surface area (Å²) < 4.78 is 0. The van der Waals surface area contributed by atoms with Crippen molar-refractivity contribution in [1.29, 1.82) is 0 Å². The Hall–Kier alpha value is -0.570. The standard InChI is InChI=1S/C8H15NO2/c10-8(11)2-1-5-9-6-7-3-4-7/h7,9H,1-6H2,(H,10,11). The molecule has 0 unspecified atom stereocenters. The molecule has 0 aromatic carbocycles. The van der Waals surface area contributed by atoms with Gasteiger partial charge in [-0.2, -0.15) is 0 Å². The summed E-state index contributed by atoms with van der Waals surface area (Å²) in [6.07, 6.45) is 3.75. The zero-order chi connectivity index (χ0) is 8.10. The molecule has 3 nitrogen and oxygen atoms in total. The second kappa shape index (κ2) is 4.34. The SMILES string of the molecule is O=C(O)CCCNCC1CC1. The van der Waals surface area contributed by atoms with E-state index in [-0.39, 0.29) is 6.42 Å². The van der Waals surface area contributed by atoms with Crippen LogP contribution in [0.2, 0.25) is 0 Å². The molecule has 64 valence electrons. The highest BCUT2D eigenvalue weighted by molar-refractivity contribution is 5.66. The Bertz CT molecular complexity index is 132. The van der Waals surface area contributed by atoms with Crippen molar-refractivity contribution in [3.8, 4) is 0 Å². The molecule has 0 amide bonds. The zero-order valence-corrected chi connectivity index (χ0v) is 6.68. The van der Waals surface area contributed by atoms with Crippen LogP contribution in [0.1, 0.15) is 25.7 Å². The first kappa shape index (κ1) is 8.53. The molecule has 0 aliphatic heterocycles. The fraction of sp³-hybridized carbons (Fsp3) is 0.875. The molecule has 0 spiro atoms. The third-order valence-electron chi connectivity index (χ3n) is 1.87. The van der Waals surface area contributed by atoms with E-state index in [4.69, 9.17) is 5.11 Å². The monoisotopic (exact) mass is 157 g/mol. The Morgan fingerprint density at radius 1 is 1.55 bits per heavy atom. The van der Waals surface area contributed by atoms with Crippen molar-refractivity contribution in [2.75, 3.05) is 13.1 Å². The van der Waals surface area contributed by atoms with Crippen molar-refractivity contribution in [2.24, 2.45) is 5.92 Å². The first-order valence-electron chi connectivity index (χ1n) is 4.21. The molecule has 1 saturated carbocycles. The maximum Gasteiger partial charge on any atom is 0.303 e. The van der Waals surface area contributed by atoms with E-state index < -0.39 is 5.97 Å². The van der Waals surface area contributed by atoms with Gasteiger partial charge in [-0.05, 0) is 38.3 Å². The van der Waals surface area contributed by atoms with Gasteiger partial charge < -0.3 is 10.4 Å². The fourth-order valence-electron chi connectivity index (χ4n) is 0.993. The summed E-state index contributed by atoms with van der Waals surface area (Å²) in [6.45, 7) is 1.93. The average Bonchev–Trinajstić information content (AvgIpc) is 2.70. The Morgan fingerprint density at radius 3 is 2.82 bits per heavy atom. The van der Waals surface area contributed by atoms with Gasteiger partial charge in [0.2, 0.25) is 0 Å². The van der Waals surface area contributed by atoms with E-state index in [0.717, 1.165) is 25.4 Å². The topological polar surface area (TPSA) is 49.3 Å². The first-order chi connectivity index (χ1) is 5.29. The summed E-state index contributed by atoms with van der Waals surface area (Å²) in [5.41, 5.74) is 0. The number of nitrogens with one attached hydrogen (secondary N) is 1. The highest BCUT2D eigenvalue weighted by atomic mass is 16.4. The van der Waals surface area contributed by atoms with Crippen molar-refractivity contribution < 1.29 is 9.90 Å². The van der Waals surface area contributed by atoms with E-state index >= 15 is 0 Å². The summed E-state index contributed by atoms with van der Waals surface area (Å²) in [5.74, 6) is 0.193. The number of carbonyl (C=O) groups is 1. The van der Waals surface area contributed by atoms with Crippen molar-refractivity contribution in [3.63, 3.8) is 0 Å². The predicted octanol–water partition coefficient (Wildman–Crippen LogP) is 0.851. The van der Waals surface area contributed by atoms with Crippen LogP contribution < -0.4 is 5.32 Å². The Kier molecular flexibility index (Phi) is 3.36. The van der Waals surface area contributed by atoms with E-state index in [1.165, 1.54) is 12.8 Å². The molecule has 0 radical (unpaired) electrons. The van der Waals surface area contributed by atoms with Crippen LogP contribution in [0.4, 0.5) is 0 Å². The minimum absolute atomic E-state index is 0.289. The van der Waals surface area contributed by atoms with E-state index in [2.05, 4.69) is 5.32 Å². The van der Waals surface area contributed by atoms with Crippen LogP contribution in [-0.2, 0) is 4.79 Å². The van der Waals surface area contributed by atoms with Crippen LogP contribution in [0.15, 0.2) is 0 Å². The third-order valence-corrected chi connectivity index (χ3v) is 1.87. The molecule has 1 rings (SSSR count). The van der Waals surface area contributed by atoms with E-state index in [1.54, 1.807) is 0 Å². The molecule has 11 heavy (non-hydrogen) atoms. The molecular weight excluding hydrogens is 142 g/mol. The number of carboxylic acids is 1. The average molecular weight is 157 g/mol. The highest BCUT2D eigenvalue weighted by Crippen LogP contribution is 2.27.